The van der Waals surface area contributed by atoms with Crippen molar-refractivity contribution in [1.29, 1.82) is 0 Å². The molecule has 7 N–H and O–H groups in total. The number of allylic oxidation sites excluding steroid dienone is 3. The predicted molar refractivity (Wildman–Crippen MR) is 166 cm³/mol. The molecular weight excluding hydrogens is 502 g/mol. The molecule has 3 unspecified atom stereocenters. The van der Waals surface area contributed by atoms with Crippen LogP contribution in [0.15, 0.2) is 48.3 Å². The van der Waals surface area contributed by atoms with Gasteiger partial charge in [0.2, 0.25) is 6.41 Å². The number of ether oxygens (including phenoxy) is 1. The molecule has 0 fully saturated rings. The smallest absolute Gasteiger partial charge is 0.214 e. The standard InChI is InChI=1S/C32H51N5O3/c1-23-13-15-24(16-14-23)37-29-26-21-25(17-18-28(26)36-22-27(29)30(33)38)34-19-11-9-7-5-6-8-10-12-20-35-31(39)40-32(2,3)4/h13,15-18,21-23,30-31,34-35,38-39H,5-12,14,19-20,33H2,1-4H3,(H,36,37). The van der Waals surface area contributed by atoms with Crippen LogP contribution in [0.3, 0.4) is 0 Å². The van der Waals surface area contributed by atoms with Gasteiger partial charge in [0.1, 0.15) is 6.23 Å². The zero-order valence-corrected chi connectivity index (χ0v) is 24.9. The Morgan fingerprint density at radius 2 is 1.70 bits per heavy atom. The lowest BCUT2D eigenvalue weighted by Crippen LogP contribution is -2.38. The van der Waals surface area contributed by atoms with E-state index in [9.17, 15) is 10.2 Å². The van der Waals surface area contributed by atoms with Gasteiger partial charge in [0.15, 0.2) is 0 Å². The highest BCUT2D eigenvalue weighted by Gasteiger charge is 2.16. The molecule has 0 amide bonds. The van der Waals surface area contributed by atoms with Crippen molar-refractivity contribution in [2.45, 2.75) is 104 Å². The molecule has 8 heteroatoms. The third-order valence-electron chi connectivity index (χ3n) is 7.02. The van der Waals surface area contributed by atoms with Crippen LogP contribution in [0.1, 0.15) is 97.3 Å². The number of pyridine rings is 1. The molecule has 0 aliphatic heterocycles. The summed E-state index contributed by atoms with van der Waals surface area (Å²) in [5.41, 5.74) is 9.83. The van der Waals surface area contributed by atoms with Crippen molar-refractivity contribution in [1.82, 2.24) is 10.3 Å². The highest BCUT2D eigenvalue weighted by molar-refractivity contribution is 5.96. The Morgan fingerprint density at radius 3 is 2.33 bits per heavy atom. The summed E-state index contributed by atoms with van der Waals surface area (Å²) < 4.78 is 5.44. The number of nitrogens with zero attached hydrogens (tertiary/aromatic N) is 1. The van der Waals surface area contributed by atoms with E-state index < -0.39 is 12.6 Å². The number of hydrogen-bond acceptors (Lipinski definition) is 8. The fraction of sp³-hybridized carbons (Fsp3) is 0.594. The normalized spacial score (nSPS) is 17.1. The Labute approximate surface area is 240 Å². The summed E-state index contributed by atoms with van der Waals surface area (Å²) in [6.45, 7) is 9.68. The number of aromatic nitrogens is 1. The van der Waals surface area contributed by atoms with Crippen molar-refractivity contribution in [2.75, 3.05) is 23.7 Å². The van der Waals surface area contributed by atoms with Gasteiger partial charge >= 0.3 is 0 Å². The third-order valence-corrected chi connectivity index (χ3v) is 7.02. The van der Waals surface area contributed by atoms with Crippen LogP contribution in [-0.2, 0) is 4.74 Å². The highest BCUT2D eigenvalue weighted by Crippen LogP contribution is 2.32. The van der Waals surface area contributed by atoms with Gasteiger partial charge in [-0.1, -0.05) is 57.6 Å². The first-order valence-corrected chi connectivity index (χ1v) is 15.0. The molecule has 3 rings (SSSR count). The molecule has 40 heavy (non-hydrogen) atoms. The maximum Gasteiger partial charge on any atom is 0.214 e. The monoisotopic (exact) mass is 553 g/mol. The molecule has 1 heterocycles. The van der Waals surface area contributed by atoms with Gasteiger partial charge in [0, 0.05) is 35.1 Å². The zero-order chi connectivity index (χ0) is 29.0. The second-order valence-corrected chi connectivity index (χ2v) is 11.9. The Bertz CT molecular complexity index is 1110. The number of aliphatic hydroxyl groups is 2. The van der Waals surface area contributed by atoms with E-state index in [1.54, 1.807) is 6.20 Å². The fourth-order valence-electron chi connectivity index (χ4n) is 4.79. The molecule has 2 aromatic rings. The summed E-state index contributed by atoms with van der Waals surface area (Å²) in [7, 11) is 0. The molecule has 8 nitrogen and oxygen atoms in total. The molecule has 0 radical (unpaired) electrons. The molecule has 3 atom stereocenters. The van der Waals surface area contributed by atoms with Crippen LogP contribution in [-0.4, -0.2) is 40.3 Å². The zero-order valence-electron chi connectivity index (χ0n) is 24.9. The second kappa shape index (κ2) is 16.1. The second-order valence-electron chi connectivity index (χ2n) is 11.9. The van der Waals surface area contributed by atoms with E-state index in [1.165, 1.54) is 38.5 Å². The average molecular weight is 554 g/mol. The van der Waals surface area contributed by atoms with Gasteiger partial charge in [-0.25, -0.2) is 0 Å². The number of unbranched alkanes of at least 4 members (excludes halogenated alkanes) is 7. The minimum Gasteiger partial charge on any atom is -0.385 e. The number of anilines is 2. The Morgan fingerprint density at radius 1 is 1.02 bits per heavy atom. The van der Waals surface area contributed by atoms with E-state index in [0.29, 0.717) is 11.5 Å². The van der Waals surface area contributed by atoms with Crippen molar-refractivity contribution in [3.8, 4) is 0 Å². The largest absolute Gasteiger partial charge is 0.385 e. The first-order chi connectivity index (χ1) is 19.1. The van der Waals surface area contributed by atoms with Crippen LogP contribution in [0.25, 0.3) is 10.9 Å². The van der Waals surface area contributed by atoms with Gasteiger partial charge in [-0.05, 0) is 76.8 Å². The van der Waals surface area contributed by atoms with Crippen molar-refractivity contribution >= 4 is 22.3 Å². The summed E-state index contributed by atoms with van der Waals surface area (Å²) in [4.78, 5) is 4.53. The molecule has 0 saturated heterocycles. The van der Waals surface area contributed by atoms with Crippen molar-refractivity contribution in [3.05, 3.63) is 53.9 Å². The number of hydrogen-bond donors (Lipinski definition) is 6. The summed E-state index contributed by atoms with van der Waals surface area (Å²) in [6, 6.07) is 6.16. The Hall–Kier alpha value is -2.49. The third kappa shape index (κ3) is 11.2. The SMILES string of the molecule is CC1C=CC(Nc2c(C(N)O)cnc3ccc(NCCCCCCCCCCNC(O)OC(C)(C)C)cc23)=CC1. The van der Waals surface area contributed by atoms with Gasteiger partial charge in [0.25, 0.3) is 0 Å². The number of benzene rings is 1. The molecule has 222 valence electrons. The summed E-state index contributed by atoms with van der Waals surface area (Å²) in [5, 5.41) is 31.0. The number of nitrogens with one attached hydrogen (secondary N) is 3. The van der Waals surface area contributed by atoms with Gasteiger partial charge < -0.3 is 31.3 Å². The van der Waals surface area contributed by atoms with Crippen LogP contribution in [0.2, 0.25) is 0 Å². The average Bonchev–Trinajstić information content (AvgIpc) is 2.89. The first-order valence-electron chi connectivity index (χ1n) is 15.0. The lowest BCUT2D eigenvalue weighted by Gasteiger charge is -2.24. The number of nitrogens with two attached hydrogens (primary N) is 1. The van der Waals surface area contributed by atoms with Crippen LogP contribution < -0.4 is 21.7 Å². The number of fused-ring (bicyclic) bond motifs is 1. The number of rotatable bonds is 17. The highest BCUT2D eigenvalue weighted by atomic mass is 16.6. The van der Waals surface area contributed by atoms with E-state index in [2.05, 4.69) is 58.2 Å². The minimum absolute atomic E-state index is 0.349. The Balaban J connectivity index is 1.37. The fourth-order valence-corrected chi connectivity index (χ4v) is 4.79. The van der Waals surface area contributed by atoms with Gasteiger partial charge in [0.05, 0.1) is 16.8 Å². The van der Waals surface area contributed by atoms with E-state index in [4.69, 9.17) is 10.5 Å². The van der Waals surface area contributed by atoms with Crippen molar-refractivity contribution in [3.63, 3.8) is 0 Å². The van der Waals surface area contributed by atoms with Gasteiger partial charge in [-0.2, -0.15) is 0 Å². The predicted octanol–water partition coefficient (Wildman–Crippen LogP) is 6.29. The quantitative estimate of drug-likeness (QED) is 0.0997. The van der Waals surface area contributed by atoms with Crippen LogP contribution in [0, 0.1) is 5.92 Å². The van der Waals surface area contributed by atoms with Gasteiger partial charge in [-0.15, -0.1) is 0 Å². The topological polar surface area (TPSA) is 125 Å². The lowest BCUT2D eigenvalue weighted by atomic mass is 10.0. The van der Waals surface area contributed by atoms with Crippen molar-refractivity contribution in [2.24, 2.45) is 11.7 Å². The first kappa shape index (κ1) is 32.0. The maximum atomic E-state index is 10.2. The van der Waals surface area contributed by atoms with Crippen LogP contribution >= 0.6 is 0 Å². The van der Waals surface area contributed by atoms with E-state index in [1.807, 2.05) is 26.8 Å². The molecule has 0 saturated carbocycles. The van der Waals surface area contributed by atoms with E-state index in [0.717, 1.165) is 60.3 Å². The van der Waals surface area contributed by atoms with Crippen LogP contribution in [0.5, 0.6) is 0 Å². The molecule has 1 aliphatic carbocycles. The Kier molecular flexibility index (Phi) is 12.9. The lowest BCUT2D eigenvalue weighted by molar-refractivity contribution is -0.181. The van der Waals surface area contributed by atoms with E-state index >= 15 is 0 Å². The van der Waals surface area contributed by atoms with Gasteiger partial charge in [-0.3, -0.25) is 10.3 Å². The molecule has 0 bridgehead atoms. The molecular formula is C32H51N5O3. The summed E-state index contributed by atoms with van der Waals surface area (Å²) >= 11 is 0. The molecule has 1 aromatic heterocycles. The molecule has 0 spiro atoms. The van der Waals surface area contributed by atoms with Crippen LogP contribution in [0.4, 0.5) is 11.4 Å². The summed E-state index contributed by atoms with van der Waals surface area (Å²) in [6.07, 6.45) is 16.6. The number of aliphatic hydroxyl groups excluding tert-OH is 2. The summed E-state index contributed by atoms with van der Waals surface area (Å²) in [5.74, 6) is 0.526. The molecule has 1 aromatic carbocycles. The maximum absolute atomic E-state index is 10.2. The molecule has 1 aliphatic rings. The van der Waals surface area contributed by atoms with E-state index in [-0.39, 0.29) is 5.60 Å². The minimum atomic E-state index is -1.11. The van der Waals surface area contributed by atoms with Crippen molar-refractivity contribution < 1.29 is 14.9 Å².